The van der Waals surface area contributed by atoms with Crippen molar-refractivity contribution in [3.63, 3.8) is 0 Å². The summed E-state index contributed by atoms with van der Waals surface area (Å²) in [6, 6.07) is 8.33. The van der Waals surface area contributed by atoms with Crippen LogP contribution in [0.25, 0.3) is 10.9 Å². The average Bonchev–Trinajstić information content (AvgIpc) is 3.21. The molecule has 2 aromatic rings. The highest BCUT2D eigenvalue weighted by Gasteiger charge is 2.24. The third kappa shape index (κ3) is 2.99. The zero-order valence-electron chi connectivity index (χ0n) is 13.0. The van der Waals surface area contributed by atoms with Crippen LogP contribution < -0.4 is 4.74 Å². The molecule has 2 fully saturated rings. The molecule has 1 aromatic carbocycles. The molecule has 1 atom stereocenters. The Kier molecular flexibility index (Phi) is 4.04. The van der Waals surface area contributed by atoms with Crippen LogP contribution in [0.1, 0.15) is 19.3 Å². The Morgan fingerprint density at radius 2 is 2.09 bits per heavy atom. The zero-order chi connectivity index (χ0) is 14.8. The Labute approximate surface area is 131 Å². The molecule has 2 aliphatic heterocycles. The molecule has 4 rings (SSSR count). The summed E-state index contributed by atoms with van der Waals surface area (Å²) in [5, 5.41) is 1.19. The lowest BCUT2D eigenvalue weighted by molar-refractivity contribution is 0.0890. The minimum Gasteiger partial charge on any atom is -0.490 e. The number of likely N-dealkylation sites (tertiary alicyclic amines) is 1. The normalized spacial score (nSPS) is 24.1. The molecule has 2 saturated heterocycles. The highest BCUT2D eigenvalue weighted by Crippen LogP contribution is 2.28. The number of fused-ring (bicyclic) bond motifs is 1. The first-order chi connectivity index (χ1) is 10.9. The van der Waals surface area contributed by atoms with Crippen molar-refractivity contribution < 1.29 is 9.47 Å². The van der Waals surface area contributed by atoms with Gasteiger partial charge in [0, 0.05) is 43.3 Å². The molecule has 1 unspecified atom stereocenters. The molecule has 0 bridgehead atoms. The first-order valence-electron chi connectivity index (χ1n) is 8.41. The van der Waals surface area contributed by atoms with E-state index in [-0.39, 0.29) is 0 Å². The van der Waals surface area contributed by atoms with E-state index in [0.29, 0.717) is 6.10 Å². The predicted octanol–water partition coefficient (Wildman–Crippen LogP) is 3.05. The Balaban J connectivity index is 1.33. The van der Waals surface area contributed by atoms with Gasteiger partial charge in [-0.2, -0.15) is 0 Å². The summed E-state index contributed by atoms with van der Waals surface area (Å²) in [5.41, 5.74) is 1.15. The van der Waals surface area contributed by atoms with Gasteiger partial charge in [-0.3, -0.25) is 0 Å². The van der Waals surface area contributed by atoms with Crippen molar-refractivity contribution in [2.75, 3.05) is 32.8 Å². The van der Waals surface area contributed by atoms with Gasteiger partial charge in [0.1, 0.15) is 11.9 Å². The molecular formula is C18H24N2O2. The summed E-state index contributed by atoms with van der Waals surface area (Å²) >= 11 is 0. The average molecular weight is 300 g/mol. The van der Waals surface area contributed by atoms with E-state index in [0.717, 1.165) is 56.3 Å². The summed E-state index contributed by atoms with van der Waals surface area (Å²) in [6.45, 7) is 5.38. The Morgan fingerprint density at radius 3 is 2.91 bits per heavy atom. The highest BCUT2D eigenvalue weighted by molar-refractivity contribution is 5.85. The van der Waals surface area contributed by atoms with E-state index in [2.05, 4.69) is 34.1 Å². The molecule has 4 heteroatoms. The van der Waals surface area contributed by atoms with Crippen molar-refractivity contribution in [3.8, 4) is 5.75 Å². The van der Waals surface area contributed by atoms with Crippen LogP contribution in [0.15, 0.2) is 30.5 Å². The van der Waals surface area contributed by atoms with Crippen molar-refractivity contribution in [3.05, 3.63) is 30.5 Å². The van der Waals surface area contributed by atoms with Gasteiger partial charge in [-0.1, -0.05) is 6.07 Å². The highest BCUT2D eigenvalue weighted by atomic mass is 16.5. The van der Waals surface area contributed by atoms with Crippen LogP contribution in [-0.2, 0) is 4.74 Å². The van der Waals surface area contributed by atoms with Crippen LogP contribution in [0.5, 0.6) is 5.75 Å². The Bertz CT molecular complexity index is 610. The molecule has 1 aromatic heterocycles. The quantitative estimate of drug-likeness (QED) is 0.943. The minimum atomic E-state index is 0.344. The Morgan fingerprint density at radius 1 is 1.18 bits per heavy atom. The second-order valence-corrected chi connectivity index (χ2v) is 6.54. The molecule has 3 heterocycles. The number of rotatable bonds is 4. The van der Waals surface area contributed by atoms with Gasteiger partial charge in [-0.15, -0.1) is 0 Å². The predicted molar refractivity (Wildman–Crippen MR) is 87.3 cm³/mol. The number of ether oxygens (including phenoxy) is 2. The van der Waals surface area contributed by atoms with Crippen LogP contribution in [0.3, 0.4) is 0 Å². The molecule has 0 saturated carbocycles. The first kappa shape index (κ1) is 14.1. The number of hydrogen-bond acceptors (Lipinski definition) is 3. The summed E-state index contributed by atoms with van der Waals surface area (Å²) in [4.78, 5) is 5.82. The van der Waals surface area contributed by atoms with Crippen LogP contribution in [0, 0.1) is 5.92 Å². The van der Waals surface area contributed by atoms with E-state index < -0.39 is 0 Å². The van der Waals surface area contributed by atoms with Crippen molar-refractivity contribution in [2.45, 2.75) is 25.4 Å². The maximum atomic E-state index is 6.27. The van der Waals surface area contributed by atoms with Gasteiger partial charge >= 0.3 is 0 Å². The molecule has 22 heavy (non-hydrogen) atoms. The van der Waals surface area contributed by atoms with E-state index in [1.165, 1.54) is 18.4 Å². The fourth-order valence-electron chi connectivity index (χ4n) is 3.64. The molecule has 118 valence electrons. The number of nitrogens with one attached hydrogen (secondary N) is 1. The van der Waals surface area contributed by atoms with E-state index in [9.17, 15) is 0 Å². The number of H-pyrrole nitrogens is 1. The monoisotopic (exact) mass is 300 g/mol. The third-order valence-electron chi connectivity index (χ3n) is 4.92. The lowest BCUT2D eigenvalue weighted by Crippen LogP contribution is -2.40. The van der Waals surface area contributed by atoms with Crippen LogP contribution in [0.2, 0.25) is 0 Å². The van der Waals surface area contributed by atoms with Crippen LogP contribution in [0.4, 0.5) is 0 Å². The number of benzene rings is 1. The first-order valence-corrected chi connectivity index (χ1v) is 8.41. The maximum Gasteiger partial charge on any atom is 0.129 e. The molecule has 0 aliphatic carbocycles. The van der Waals surface area contributed by atoms with Gasteiger partial charge in [0.05, 0.1) is 6.61 Å². The summed E-state index contributed by atoms with van der Waals surface area (Å²) < 4.78 is 11.8. The van der Waals surface area contributed by atoms with Gasteiger partial charge in [-0.05, 0) is 43.4 Å². The van der Waals surface area contributed by atoms with E-state index in [1.807, 2.05) is 6.20 Å². The maximum absolute atomic E-state index is 6.27. The molecular weight excluding hydrogens is 276 g/mol. The van der Waals surface area contributed by atoms with Gasteiger partial charge in [0.25, 0.3) is 0 Å². The van der Waals surface area contributed by atoms with Gasteiger partial charge in [0.2, 0.25) is 0 Å². The van der Waals surface area contributed by atoms with Crippen molar-refractivity contribution in [2.24, 2.45) is 5.92 Å². The summed E-state index contributed by atoms with van der Waals surface area (Å²) in [7, 11) is 0. The molecule has 1 N–H and O–H groups in total. The second kappa shape index (κ2) is 6.31. The van der Waals surface area contributed by atoms with Crippen molar-refractivity contribution >= 4 is 10.9 Å². The van der Waals surface area contributed by atoms with E-state index in [1.54, 1.807) is 0 Å². The molecule has 0 amide bonds. The number of nitrogens with zero attached hydrogens (tertiary/aromatic N) is 1. The molecule has 0 radical (unpaired) electrons. The smallest absolute Gasteiger partial charge is 0.129 e. The summed E-state index contributed by atoms with van der Waals surface area (Å²) in [6.07, 6.45) is 5.79. The van der Waals surface area contributed by atoms with Crippen LogP contribution in [-0.4, -0.2) is 48.8 Å². The van der Waals surface area contributed by atoms with Crippen LogP contribution >= 0.6 is 0 Å². The van der Waals surface area contributed by atoms with E-state index >= 15 is 0 Å². The fourth-order valence-corrected chi connectivity index (χ4v) is 3.64. The SMILES string of the molecule is c1cc(OC2CCN(CC3CCOC3)CC2)c2cc[nH]c2c1. The number of piperidine rings is 1. The number of hydrogen-bond donors (Lipinski definition) is 1. The Hall–Kier alpha value is -1.52. The van der Waals surface area contributed by atoms with Gasteiger partial charge in [-0.25, -0.2) is 0 Å². The standard InChI is InChI=1S/C18H24N2O2/c1-2-17-16(4-8-19-17)18(3-1)22-15-5-9-20(10-6-15)12-14-7-11-21-13-14/h1-4,8,14-15,19H,5-7,9-13H2. The number of aromatic nitrogens is 1. The fraction of sp³-hybridized carbons (Fsp3) is 0.556. The van der Waals surface area contributed by atoms with Crippen molar-refractivity contribution in [1.29, 1.82) is 0 Å². The second-order valence-electron chi connectivity index (χ2n) is 6.54. The molecule has 2 aliphatic rings. The lowest BCUT2D eigenvalue weighted by Gasteiger charge is -2.33. The summed E-state index contributed by atoms with van der Waals surface area (Å²) in [5.74, 6) is 1.76. The van der Waals surface area contributed by atoms with Gasteiger partial charge in [0.15, 0.2) is 0 Å². The van der Waals surface area contributed by atoms with Crippen molar-refractivity contribution in [1.82, 2.24) is 9.88 Å². The zero-order valence-corrected chi connectivity index (χ0v) is 13.0. The molecule has 4 nitrogen and oxygen atoms in total. The molecule has 0 spiro atoms. The van der Waals surface area contributed by atoms with E-state index in [4.69, 9.17) is 9.47 Å². The lowest BCUT2D eigenvalue weighted by atomic mass is 10.0. The number of aromatic amines is 1. The topological polar surface area (TPSA) is 37.5 Å². The largest absolute Gasteiger partial charge is 0.490 e. The van der Waals surface area contributed by atoms with Gasteiger partial charge < -0.3 is 19.4 Å². The minimum absolute atomic E-state index is 0.344. The third-order valence-corrected chi connectivity index (χ3v) is 4.92.